The highest BCUT2D eigenvalue weighted by molar-refractivity contribution is 5.83. The van der Waals surface area contributed by atoms with Crippen LogP contribution in [0.1, 0.15) is 13.8 Å². The number of primary amides is 1. The summed E-state index contributed by atoms with van der Waals surface area (Å²) in [7, 11) is 0. The molecule has 0 aromatic carbocycles. The Balaban J connectivity index is 2.81. The summed E-state index contributed by atoms with van der Waals surface area (Å²) in [4.78, 5) is 19.0. The Morgan fingerprint density at radius 3 is 2.50 bits per heavy atom. The highest BCUT2D eigenvalue weighted by Crippen LogP contribution is 2.12. The largest absolute Gasteiger partial charge is 0.368 e. The van der Waals surface area contributed by atoms with Crippen LogP contribution in [0.4, 0.5) is 11.6 Å². The zero-order valence-electron chi connectivity index (χ0n) is 9.27. The summed E-state index contributed by atoms with van der Waals surface area (Å²) in [5, 5.41) is 2.93. The minimum absolute atomic E-state index is 0.0711. The number of nitrogens with zero attached hydrogens (tertiary/aromatic N) is 2. The summed E-state index contributed by atoms with van der Waals surface area (Å²) in [5.74, 6) is 5.82. The monoisotopic (exact) mass is 224 g/mol. The molecule has 6 N–H and O–H groups in total. The maximum Gasteiger partial charge on any atom is 0.240 e. The molecule has 0 aliphatic rings. The third-order valence-electron chi connectivity index (χ3n) is 2.09. The van der Waals surface area contributed by atoms with E-state index in [1.807, 2.05) is 13.8 Å². The van der Waals surface area contributed by atoms with Gasteiger partial charge in [0.2, 0.25) is 5.91 Å². The van der Waals surface area contributed by atoms with Crippen LogP contribution in [0.5, 0.6) is 0 Å². The lowest BCUT2D eigenvalue weighted by Gasteiger charge is -2.19. The standard InChI is InChI=1S/C9H16N6O/c1-5(2)8(9(10)16)14-6-3-7(15-11)13-4-12-6/h3-5,8H,11H2,1-2H3,(H2,10,16)(H2,12,13,14,15). The molecule has 0 fully saturated rings. The van der Waals surface area contributed by atoms with Crippen LogP contribution >= 0.6 is 0 Å². The molecule has 1 atom stereocenters. The van der Waals surface area contributed by atoms with Crippen LogP contribution in [-0.4, -0.2) is 21.9 Å². The lowest BCUT2D eigenvalue weighted by molar-refractivity contribution is -0.119. The maximum atomic E-state index is 11.2. The van der Waals surface area contributed by atoms with E-state index in [4.69, 9.17) is 11.6 Å². The van der Waals surface area contributed by atoms with Crippen molar-refractivity contribution in [3.63, 3.8) is 0 Å². The predicted molar refractivity (Wildman–Crippen MR) is 61.3 cm³/mol. The smallest absolute Gasteiger partial charge is 0.240 e. The molecule has 7 nitrogen and oxygen atoms in total. The number of nitrogens with one attached hydrogen (secondary N) is 2. The summed E-state index contributed by atoms with van der Waals surface area (Å²) >= 11 is 0. The maximum absolute atomic E-state index is 11.2. The van der Waals surface area contributed by atoms with E-state index in [9.17, 15) is 4.79 Å². The molecule has 1 rings (SSSR count). The molecular formula is C9H16N6O. The first-order valence-electron chi connectivity index (χ1n) is 4.89. The number of aromatic nitrogens is 2. The van der Waals surface area contributed by atoms with E-state index < -0.39 is 11.9 Å². The Morgan fingerprint density at radius 2 is 2.00 bits per heavy atom. The number of nitrogen functional groups attached to an aromatic ring is 1. The molecule has 1 unspecified atom stereocenters. The number of carbonyl (C=O) groups excluding carboxylic acids is 1. The number of rotatable bonds is 5. The molecule has 7 heteroatoms. The van der Waals surface area contributed by atoms with Gasteiger partial charge in [0.25, 0.3) is 0 Å². The molecule has 16 heavy (non-hydrogen) atoms. The zero-order valence-corrected chi connectivity index (χ0v) is 9.27. The minimum Gasteiger partial charge on any atom is -0.368 e. The lowest BCUT2D eigenvalue weighted by Crippen LogP contribution is -2.39. The van der Waals surface area contributed by atoms with Gasteiger partial charge in [0, 0.05) is 6.07 Å². The van der Waals surface area contributed by atoms with Gasteiger partial charge in [-0.3, -0.25) is 4.79 Å². The minimum atomic E-state index is -0.472. The molecule has 1 heterocycles. The van der Waals surface area contributed by atoms with E-state index in [1.54, 1.807) is 6.07 Å². The first-order chi connectivity index (χ1) is 7.54. The van der Waals surface area contributed by atoms with Gasteiger partial charge >= 0.3 is 0 Å². The quantitative estimate of drug-likeness (QED) is 0.402. The molecule has 0 saturated heterocycles. The second kappa shape index (κ2) is 5.26. The predicted octanol–water partition coefficient (Wildman–Crippen LogP) is -0.316. The van der Waals surface area contributed by atoms with Gasteiger partial charge in [0.1, 0.15) is 24.0 Å². The molecule has 0 radical (unpaired) electrons. The summed E-state index contributed by atoms with van der Waals surface area (Å²) < 4.78 is 0. The number of carbonyl (C=O) groups is 1. The summed E-state index contributed by atoms with van der Waals surface area (Å²) in [6.07, 6.45) is 1.34. The van der Waals surface area contributed by atoms with Crippen molar-refractivity contribution in [3.05, 3.63) is 12.4 Å². The van der Waals surface area contributed by atoms with Gasteiger partial charge in [-0.15, -0.1) is 0 Å². The van der Waals surface area contributed by atoms with Gasteiger partial charge in [-0.1, -0.05) is 13.8 Å². The number of hydrogen-bond donors (Lipinski definition) is 4. The average molecular weight is 224 g/mol. The average Bonchev–Trinajstić information content (AvgIpc) is 2.25. The van der Waals surface area contributed by atoms with Gasteiger partial charge in [-0.25, -0.2) is 15.8 Å². The van der Waals surface area contributed by atoms with E-state index in [1.165, 1.54) is 6.33 Å². The van der Waals surface area contributed by atoms with Crippen molar-refractivity contribution in [1.29, 1.82) is 0 Å². The van der Waals surface area contributed by atoms with Gasteiger partial charge in [0.15, 0.2) is 0 Å². The van der Waals surface area contributed by atoms with Crippen LogP contribution in [0.3, 0.4) is 0 Å². The number of hydrazine groups is 1. The van der Waals surface area contributed by atoms with E-state index in [0.717, 1.165) is 0 Å². The fourth-order valence-corrected chi connectivity index (χ4v) is 1.24. The van der Waals surface area contributed by atoms with Crippen LogP contribution in [0.25, 0.3) is 0 Å². The molecule has 88 valence electrons. The van der Waals surface area contributed by atoms with Crippen molar-refractivity contribution in [2.75, 3.05) is 10.7 Å². The fraction of sp³-hybridized carbons (Fsp3) is 0.444. The fourth-order valence-electron chi connectivity index (χ4n) is 1.24. The Morgan fingerprint density at radius 1 is 1.38 bits per heavy atom. The molecule has 1 amide bonds. The Bertz CT molecular complexity index is 367. The first kappa shape index (κ1) is 12.2. The molecule has 0 saturated carbocycles. The summed E-state index contributed by atoms with van der Waals surface area (Å²) in [6, 6.07) is 1.12. The third kappa shape index (κ3) is 3.06. The topological polar surface area (TPSA) is 119 Å². The van der Waals surface area contributed by atoms with E-state index in [0.29, 0.717) is 11.6 Å². The van der Waals surface area contributed by atoms with Crippen LogP contribution < -0.4 is 22.3 Å². The van der Waals surface area contributed by atoms with E-state index >= 15 is 0 Å². The van der Waals surface area contributed by atoms with Crippen molar-refractivity contribution < 1.29 is 4.79 Å². The van der Waals surface area contributed by atoms with Crippen LogP contribution in [0.2, 0.25) is 0 Å². The molecule has 0 aliphatic heterocycles. The number of amides is 1. The van der Waals surface area contributed by atoms with Crippen molar-refractivity contribution in [2.24, 2.45) is 17.5 Å². The highest BCUT2D eigenvalue weighted by Gasteiger charge is 2.19. The van der Waals surface area contributed by atoms with Crippen LogP contribution in [0.15, 0.2) is 12.4 Å². The van der Waals surface area contributed by atoms with Crippen molar-refractivity contribution in [1.82, 2.24) is 9.97 Å². The summed E-state index contributed by atoms with van der Waals surface area (Å²) in [5.41, 5.74) is 7.66. The SMILES string of the molecule is CC(C)C(Nc1cc(NN)ncn1)C(N)=O. The second-order valence-electron chi connectivity index (χ2n) is 3.70. The number of anilines is 2. The lowest BCUT2D eigenvalue weighted by atomic mass is 10.0. The molecular weight excluding hydrogens is 208 g/mol. The molecule has 1 aromatic heterocycles. The Labute approximate surface area is 93.6 Å². The number of hydrogen-bond acceptors (Lipinski definition) is 6. The van der Waals surface area contributed by atoms with Gasteiger partial charge in [0.05, 0.1) is 0 Å². The molecule has 0 aliphatic carbocycles. The molecule has 1 aromatic rings. The number of nitrogens with two attached hydrogens (primary N) is 2. The zero-order chi connectivity index (χ0) is 12.1. The first-order valence-corrected chi connectivity index (χ1v) is 4.89. The Hall–Kier alpha value is -1.89. The summed E-state index contributed by atoms with van der Waals surface area (Å²) in [6.45, 7) is 3.79. The Kier molecular flexibility index (Phi) is 4.01. The highest BCUT2D eigenvalue weighted by atomic mass is 16.1. The van der Waals surface area contributed by atoms with Gasteiger partial charge in [-0.05, 0) is 5.92 Å². The van der Waals surface area contributed by atoms with Crippen molar-refractivity contribution >= 4 is 17.5 Å². The third-order valence-corrected chi connectivity index (χ3v) is 2.09. The van der Waals surface area contributed by atoms with Crippen LogP contribution in [0, 0.1) is 5.92 Å². The molecule has 0 spiro atoms. The van der Waals surface area contributed by atoms with Crippen molar-refractivity contribution in [2.45, 2.75) is 19.9 Å². The molecule has 0 bridgehead atoms. The van der Waals surface area contributed by atoms with E-state index in [2.05, 4.69) is 20.7 Å². The normalized spacial score (nSPS) is 12.2. The van der Waals surface area contributed by atoms with Crippen molar-refractivity contribution in [3.8, 4) is 0 Å². The van der Waals surface area contributed by atoms with Crippen LogP contribution in [-0.2, 0) is 4.79 Å². The van der Waals surface area contributed by atoms with E-state index in [-0.39, 0.29) is 5.92 Å². The van der Waals surface area contributed by atoms with Gasteiger partial charge in [-0.2, -0.15) is 0 Å². The van der Waals surface area contributed by atoms with Gasteiger partial charge < -0.3 is 16.5 Å². The second-order valence-corrected chi connectivity index (χ2v) is 3.70.